The van der Waals surface area contributed by atoms with E-state index in [0.717, 1.165) is 88.1 Å². The molecular formula is C37H59Cl2N3O5. The van der Waals surface area contributed by atoms with Crippen molar-refractivity contribution in [3.63, 3.8) is 0 Å². The predicted molar refractivity (Wildman–Crippen MR) is 184 cm³/mol. The van der Waals surface area contributed by atoms with E-state index in [1.54, 1.807) is 0 Å². The molecule has 12 rings (SSSR count). The topological polar surface area (TPSA) is 91.3 Å². The molecule has 2 N–H and O–H groups in total. The van der Waals surface area contributed by atoms with E-state index in [-0.39, 0.29) is 34.0 Å². The molecule has 0 aromatic heterocycles. The molecule has 10 heteroatoms. The molecule has 0 aromatic carbocycles. The van der Waals surface area contributed by atoms with Crippen LogP contribution in [0.25, 0.3) is 0 Å². The summed E-state index contributed by atoms with van der Waals surface area (Å²) in [5, 5.41) is 14.1. The average molecular weight is 697 g/mol. The van der Waals surface area contributed by atoms with E-state index in [1.165, 1.54) is 32.1 Å². The lowest BCUT2D eigenvalue weighted by Gasteiger charge is -2.59. The van der Waals surface area contributed by atoms with Crippen LogP contribution in [0.2, 0.25) is 0 Å². The van der Waals surface area contributed by atoms with Crippen LogP contribution in [0.15, 0.2) is 0 Å². The van der Waals surface area contributed by atoms with Crippen LogP contribution in [0.5, 0.6) is 0 Å². The van der Waals surface area contributed by atoms with Gasteiger partial charge in [0.15, 0.2) is 0 Å². The summed E-state index contributed by atoms with van der Waals surface area (Å²) in [5.41, 5.74) is -1.36. The first-order chi connectivity index (χ1) is 21.7. The molecule has 6 heterocycles. The quantitative estimate of drug-likeness (QED) is 0.252. The summed E-state index contributed by atoms with van der Waals surface area (Å²) in [6.45, 7) is 11.5. The van der Waals surface area contributed by atoms with Gasteiger partial charge in [0.05, 0.1) is 5.60 Å². The standard InChI is InChI=1S/C14H22ClNO2.C14H23NO3.C9H14ClN/c1-13(2,3)18-12(17)16-10-4-9-5-11(16)8-14(15,6-9)7-10;1-13(2,3)18-12(16)15-10-4-9-5-11(15)8-14(17,6-9)7-10;10-9-3-6-1-7(4-9)11-8(2-6)5-9/h9-11H,4-8H2,1-3H3;9-11,17H,4-8H2,1-3H3;6-8,11H,1-5H2. The molecule has 6 unspecified atom stereocenters. The molecule has 47 heavy (non-hydrogen) atoms. The number of carbonyl (C=O) groups is 2. The molecule has 0 aromatic rings. The number of nitrogens with zero attached hydrogens (tertiary/aromatic N) is 2. The Bertz CT molecular complexity index is 1090. The van der Waals surface area contributed by atoms with Crippen molar-refractivity contribution in [3.05, 3.63) is 0 Å². The molecule has 6 saturated carbocycles. The number of aliphatic hydroxyl groups is 1. The lowest BCUT2D eigenvalue weighted by molar-refractivity contribution is -0.151. The minimum Gasteiger partial charge on any atom is -0.444 e. The molecule has 6 aliphatic carbocycles. The van der Waals surface area contributed by atoms with Crippen molar-refractivity contribution in [3.8, 4) is 0 Å². The zero-order valence-electron chi connectivity index (χ0n) is 29.5. The number of halogens is 2. The number of piperidine rings is 6. The first kappa shape index (κ1) is 34.5. The summed E-state index contributed by atoms with van der Waals surface area (Å²) < 4.78 is 11.0. The number of ether oxygens (including phenoxy) is 2. The van der Waals surface area contributed by atoms with Gasteiger partial charge in [0.1, 0.15) is 11.2 Å². The van der Waals surface area contributed by atoms with Gasteiger partial charge in [0, 0.05) is 46.0 Å². The molecular weight excluding hydrogens is 637 g/mol. The minimum absolute atomic E-state index is 0.0327. The number of hydrogen-bond donors (Lipinski definition) is 2. The summed E-state index contributed by atoms with van der Waals surface area (Å²) in [4.78, 5) is 28.7. The van der Waals surface area contributed by atoms with Gasteiger partial charge >= 0.3 is 12.2 Å². The number of amides is 2. The molecule has 8 nitrogen and oxygen atoms in total. The van der Waals surface area contributed by atoms with Gasteiger partial charge in [0.25, 0.3) is 0 Å². The second kappa shape index (κ2) is 11.8. The fourth-order valence-electron chi connectivity index (χ4n) is 11.8. The highest BCUT2D eigenvalue weighted by Crippen LogP contribution is 2.55. The Balaban J connectivity index is 0.000000115. The lowest BCUT2D eigenvalue weighted by atomic mass is 9.61. The number of rotatable bonds is 0. The highest BCUT2D eigenvalue weighted by atomic mass is 35.5. The molecule has 12 fully saturated rings. The van der Waals surface area contributed by atoms with Crippen LogP contribution >= 0.6 is 23.2 Å². The lowest BCUT2D eigenvalue weighted by Crippen LogP contribution is -2.66. The van der Waals surface area contributed by atoms with Crippen molar-refractivity contribution in [2.24, 2.45) is 17.8 Å². The zero-order chi connectivity index (χ0) is 33.7. The smallest absolute Gasteiger partial charge is 0.410 e. The van der Waals surface area contributed by atoms with Gasteiger partial charge in [-0.05, 0) is 156 Å². The monoisotopic (exact) mass is 695 g/mol. The van der Waals surface area contributed by atoms with Crippen molar-refractivity contribution >= 4 is 35.4 Å². The van der Waals surface area contributed by atoms with Gasteiger partial charge in [-0.1, -0.05) is 0 Å². The zero-order valence-corrected chi connectivity index (χ0v) is 31.0. The second-order valence-electron chi connectivity index (χ2n) is 19.3. The Morgan fingerprint density at radius 3 is 1.30 bits per heavy atom. The van der Waals surface area contributed by atoms with Crippen molar-refractivity contribution in [1.29, 1.82) is 0 Å². The number of carbonyl (C=O) groups excluding carboxylic acids is 2. The molecule has 266 valence electrons. The Morgan fingerprint density at radius 1 is 0.596 bits per heavy atom. The highest BCUT2D eigenvalue weighted by molar-refractivity contribution is 6.24. The maximum atomic E-state index is 12.3. The predicted octanol–water partition coefficient (Wildman–Crippen LogP) is 7.74. The normalized spacial score (nSPS) is 46.4. The van der Waals surface area contributed by atoms with E-state index in [2.05, 4.69) is 5.32 Å². The van der Waals surface area contributed by atoms with E-state index in [9.17, 15) is 14.7 Å². The fraction of sp³-hybridized carbons (Fsp3) is 0.946. The number of nitrogens with one attached hydrogen (secondary N) is 1. The summed E-state index contributed by atoms with van der Waals surface area (Å²) >= 11 is 13.1. The SMILES string of the molecule is CC(C)(C)OC(=O)N1C2CC3CC1CC(Cl)(C3)C2.CC(C)(C)OC(=O)N1C2CC3CC1CC(O)(C3)C2.ClC12CC3CC(C1)NC(C3)C2. The minimum atomic E-state index is -0.505. The second-order valence-corrected chi connectivity index (χ2v) is 20.9. The van der Waals surface area contributed by atoms with Crippen LogP contribution in [-0.2, 0) is 9.47 Å². The van der Waals surface area contributed by atoms with Crippen molar-refractivity contribution in [2.45, 2.75) is 201 Å². The van der Waals surface area contributed by atoms with Gasteiger partial charge < -0.3 is 29.7 Å². The van der Waals surface area contributed by atoms with Crippen LogP contribution < -0.4 is 5.32 Å². The maximum Gasteiger partial charge on any atom is 0.410 e. The van der Waals surface area contributed by atoms with Gasteiger partial charge in [-0.25, -0.2) is 9.59 Å². The largest absolute Gasteiger partial charge is 0.444 e. The summed E-state index contributed by atoms with van der Waals surface area (Å²) in [7, 11) is 0. The molecule has 2 amide bonds. The van der Waals surface area contributed by atoms with E-state index in [0.29, 0.717) is 18.0 Å². The molecule has 6 atom stereocenters. The Kier molecular flexibility index (Phi) is 8.66. The third-order valence-corrected chi connectivity index (χ3v) is 13.5. The first-order valence-electron chi connectivity index (χ1n) is 18.6. The van der Waals surface area contributed by atoms with Gasteiger partial charge in [-0.15, -0.1) is 23.2 Å². The van der Waals surface area contributed by atoms with Crippen molar-refractivity contribution in [2.75, 3.05) is 0 Å². The Morgan fingerprint density at radius 2 is 0.957 bits per heavy atom. The Labute approximate surface area is 292 Å². The van der Waals surface area contributed by atoms with Gasteiger partial charge in [-0.3, -0.25) is 0 Å². The molecule has 0 radical (unpaired) electrons. The highest BCUT2D eigenvalue weighted by Gasteiger charge is 2.57. The third-order valence-electron chi connectivity index (χ3n) is 12.5. The van der Waals surface area contributed by atoms with Gasteiger partial charge in [0.2, 0.25) is 0 Å². The van der Waals surface area contributed by atoms with E-state index in [1.807, 2.05) is 51.3 Å². The third kappa shape index (κ3) is 7.42. The first-order valence-corrected chi connectivity index (χ1v) is 19.4. The van der Waals surface area contributed by atoms with E-state index in [4.69, 9.17) is 32.7 Å². The van der Waals surface area contributed by atoms with Crippen LogP contribution in [-0.4, -0.2) is 89.9 Å². The van der Waals surface area contributed by atoms with Gasteiger partial charge in [-0.2, -0.15) is 0 Å². The maximum absolute atomic E-state index is 12.3. The Hall–Kier alpha value is -0.960. The molecule has 12 bridgehead atoms. The molecule has 12 aliphatic rings. The van der Waals surface area contributed by atoms with Crippen molar-refractivity contribution in [1.82, 2.24) is 15.1 Å². The average Bonchev–Trinajstić information content (AvgIpc) is 2.83. The molecule has 6 aliphatic heterocycles. The summed E-state index contributed by atoms with van der Waals surface area (Å²) in [6, 6.07) is 2.52. The van der Waals surface area contributed by atoms with E-state index < -0.39 is 16.8 Å². The van der Waals surface area contributed by atoms with Crippen LogP contribution in [0.4, 0.5) is 9.59 Å². The summed E-state index contributed by atoms with van der Waals surface area (Å²) in [6.07, 6.45) is 15.9. The van der Waals surface area contributed by atoms with Crippen LogP contribution in [0.3, 0.4) is 0 Å². The summed E-state index contributed by atoms with van der Waals surface area (Å²) in [5.74, 6) is 2.27. The molecule has 6 saturated heterocycles. The van der Waals surface area contributed by atoms with E-state index >= 15 is 0 Å². The van der Waals surface area contributed by atoms with Crippen LogP contribution in [0.1, 0.15) is 138 Å². The molecule has 0 spiro atoms. The number of alkyl halides is 2. The fourth-order valence-corrected chi connectivity index (χ4v) is 13.0. The van der Waals surface area contributed by atoms with Crippen molar-refractivity contribution < 1.29 is 24.2 Å². The number of hydrogen-bond acceptors (Lipinski definition) is 6. The van der Waals surface area contributed by atoms with Crippen LogP contribution in [0, 0.1) is 17.8 Å².